The van der Waals surface area contributed by atoms with Gasteiger partial charge in [0.1, 0.15) is 36.4 Å². The van der Waals surface area contributed by atoms with Gasteiger partial charge in [0.15, 0.2) is 11.9 Å². The second kappa shape index (κ2) is 10.3. The third kappa shape index (κ3) is 4.93. The van der Waals surface area contributed by atoms with E-state index < -0.39 is 71.7 Å². The van der Waals surface area contributed by atoms with Crippen LogP contribution in [0.4, 0.5) is 27.6 Å². The zero-order valence-corrected chi connectivity index (χ0v) is 19.0. The number of carbonyl (C=O) groups excluding carboxylic acids is 1. The average molecular weight is 533 g/mol. The van der Waals surface area contributed by atoms with Gasteiger partial charge in [-0.2, -0.15) is 4.68 Å². The lowest BCUT2D eigenvalue weighted by molar-refractivity contribution is -0.00159. The molecule has 0 bridgehead atoms. The summed E-state index contributed by atoms with van der Waals surface area (Å²) in [4.78, 5) is 25.7. The SMILES string of the molecule is O=C(Nc1c(F)cccc1Cl)c1cc(F)c(-n2nc(CO)n(C3CC3)c2=O)cc1O[C@@H](CF)C(F)F. The van der Waals surface area contributed by atoms with E-state index in [9.17, 15) is 32.3 Å². The Kier molecular flexibility index (Phi) is 7.31. The van der Waals surface area contributed by atoms with Gasteiger partial charge in [0, 0.05) is 12.1 Å². The van der Waals surface area contributed by atoms with Crippen molar-refractivity contribution in [2.75, 3.05) is 12.0 Å². The van der Waals surface area contributed by atoms with Crippen molar-refractivity contribution >= 4 is 23.2 Å². The van der Waals surface area contributed by atoms with Crippen LogP contribution in [0.15, 0.2) is 35.1 Å². The fraction of sp³-hybridized carbons (Fsp3) is 0.318. The number of aromatic nitrogens is 3. The number of hydrogen-bond acceptors (Lipinski definition) is 5. The Labute approximate surface area is 204 Å². The minimum atomic E-state index is -3.32. The summed E-state index contributed by atoms with van der Waals surface area (Å²) < 4.78 is 75.7. The number of para-hydroxylation sites is 1. The van der Waals surface area contributed by atoms with Crippen molar-refractivity contribution in [3.8, 4) is 11.4 Å². The third-order valence-electron chi connectivity index (χ3n) is 5.37. The molecule has 3 aromatic rings. The van der Waals surface area contributed by atoms with E-state index in [2.05, 4.69) is 10.4 Å². The first-order valence-electron chi connectivity index (χ1n) is 10.6. The van der Waals surface area contributed by atoms with Crippen LogP contribution in [-0.4, -0.2) is 44.6 Å². The summed E-state index contributed by atoms with van der Waals surface area (Å²) in [6.45, 7) is -2.29. The van der Waals surface area contributed by atoms with Crippen molar-refractivity contribution in [1.82, 2.24) is 14.3 Å². The Balaban J connectivity index is 1.82. The highest BCUT2D eigenvalue weighted by Crippen LogP contribution is 2.35. The average Bonchev–Trinajstić information content (AvgIpc) is 3.62. The summed E-state index contributed by atoms with van der Waals surface area (Å²) in [5.41, 5.74) is -2.59. The molecule has 1 aliphatic carbocycles. The molecule has 8 nitrogen and oxygen atoms in total. The van der Waals surface area contributed by atoms with Crippen molar-refractivity contribution in [2.24, 2.45) is 0 Å². The van der Waals surface area contributed by atoms with Crippen LogP contribution in [0.2, 0.25) is 5.02 Å². The van der Waals surface area contributed by atoms with Crippen molar-refractivity contribution in [3.05, 3.63) is 68.9 Å². The van der Waals surface area contributed by atoms with Crippen LogP contribution in [0.1, 0.15) is 35.1 Å². The predicted molar refractivity (Wildman–Crippen MR) is 118 cm³/mol. The van der Waals surface area contributed by atoms with Crippen LogP contribution in [0, 0.1) is 11.6 Å². The van der Waals surface area contributed by atoms with Gasteiger partial charge in [-0.25, -0.2) is 26.7 Å². The Hall–Kier alpha value is -3.45. The number of aliphatic hydroxyl groups is 1. The van der Waals surface area contributed by atoms with Crippen LogP contribution in [0.5, 0.6) is 5.75 Å². The number of aliphatic hydroxyl groups excluding tert-OH is 1. The largest absolute Gasteiger partial charge is 0.481 e. The van der Waals surface area contributed by atoms with Gasteiger partial charge in [0.05, 0.1) is 16.3 Å². The highest BCUT2D eigenvalue weighted by molar-refractivity contribution is 6.34. The molecular weight excluding hydrogens is 515 g/mol. The molecular formula is C22H18ClF5N4O4. The fourth-order valence-electron chi connectivity index (χ4n) is 3.47. The Bertz CT molecular complexity index is 1340. The number of anilines is 1. The lowest BCUT2D eigenvalue weighted by Crippen LogP contribution is -2.29. The number of benzene rings is 2. The Morgan fingerprint density at radius 2 is 1.97 bits per heavy atom. The molecule has 192 valence electrons. The molecule has 36 heavy (non-hydrogen) atoms. The van der Waals surface area contributed by atoms with Crippen LogP contribution < -0.4 is 15.7 Å². The number of alkyl halides is 3. The van der Waals surface area contributed by atoms with Gasteiger partial charge in [0.2, 0.25) is 0 Å². The van der Waals surface area contributed by atoms with Crippen LogP contribution in [0.25, 0.3) is 5.69 Å². The summed E-state index contributed by atoms with van der Waals surface area (Å²) in [5, 5.41) is 15.3. The van der Waals surface area contributed by atoms with Gasteiger partial charge in [0.25, 0.3) is 12.3 Å². The molecule has 2 aromatic carbocycles. The first-order chi connectivity index (χ1) is 17.2. The number of hydrogen-bond donors (Lipinski definition) is 2. The van der Waals surface area contributed by atoms with Crippen molar-refractivity contribution < 1.29 is 36.6 Å². The second-order valence-corrected chi connectivity index (χ2v) is 8.27. The summed E-state index contributed by atoms with van der Waals surface area (Å²) in [7, 11) is 0. The Morgan fingerprint density at radius 3 is 2.56 bits per heavy atom. The lowest BCUT2D eigenvalue weighted by Gasteiger charge is -2.19. The predicted octanol–water partition coefficient (Wildman–Crippen LogP) is 4.03. The van der Waals surface area contributed by atoms with Crippen molar-refractivity contribution in [3.63, 3.8) is 0 Å². The molecule has 1 aliphatic rings. The highest BCUT2D eigenvalue weighted by Gasteiger charge is 2.32. The molecule has 0 saturated heterocycles. The molecule has 1 atom stereocenters. The molecule has 0 aliphatic heterocycles. The molecule has 2 N–H and O–H groups in total. The summed E-state index contributed by atoms with van der Waals surface area (Å²) in [5.74, 6) is -4.13. The minimum absolute atomic E-state index is 0.0606. The lowest BCUT2D eigenvalue weighted by atomic mass is 10.1. The van der Waals surface area contributed by atoms with Crippen molar-refractivity contribution in [1.29, 1.82) is 0 Å². The molecule has 1 saturated carbocycles. The van der Waals surface area contributed by atoms with E-state index in [1.807, 2.05) is 0 Å². The monoisotopic (exact) mass is 532 g/mol. The molecule has 1 amide bonds. The maximum absolute atomic E-state index is 15.2. The van der Waals surface area contributed by atoms with Crippen molar-refractivity contribution in [2.45, 2.75) is 38.0 Å². The molecule has 4 rings (SSSR count). The number of rotatable bonds is 9. The van der Waals surface area contributed by atoms with E-state index in [4.69, 9.17) is 16.3 Å². The van der Waals surface area contributed by atoms with Gasteiger partial charge < -0.3 is 15.2 Å². The zero-order valence-electron chi connectivity index (χ0n) is 18.2. The van der Waals surface area contributed by atoms with Crippen LogP contribution >= 0.6 is 11.6 Å². The van der Waals surface area contributed by atoms with Gasteiger partial charge >= 0.3 is 5.69 Å². The normalized spacial score (nSPS) is 14.2. The summed E-state index contributed by atoms with van der Waals surface area (Å²) in [6, 6.07) is 4.56. The molecule has 0 unspecified atom stereocenters. The molecule has 1 heterocycles. The van der Waals surface area contributed by atoms with E-state index >= 15 is 4.39 Å². The number of halogens is 6. The standard InChI is InChI=1S/C22H18ClF5N4O4/c23-12-2-1-3-13(25)19(12)29-21(34)11-6-14(26)15(7-16(11)36-17(8-24)20(27)28)32-22(35)31(10-4-5-10)18(9-33)30-32/h1-3,6-7,10,17,20,33H,4-5,8-9H2,(H,29,34)/t17-/m0/s1. The van der Waals surface area contributed by atoms with E-state index in [-0.39, 0.29) is 16.9 Å². The molecule has 1 aromatic heterocycles. The molecule has 0 radical (unpaired) electrons. The quantitative estimate of drug-likeness (QED) is 0.406. The maximum atomic E-state index is 15.2. The second-order valence-electron chi connectivity index (χ2n) is 7.87. The zero-order chi connectivity index (χ0) is 26.1. The van der Waals surface area contributed by atoms with E-state index in [1.54, 1.807) is 0 Å². The molecule has 0 spiro atoms. The highest BCUT2D eigenvalue weighted by atomic mass is 35.5. The van der Waals surface area contributed by atoms with Gasteiger partial charge in [-0.3, -0.25) is 9.36 Å². The molecule has 1 fully saturated rings. The third-order valence-corrected chi connectivity index (χ3v) is 5.68. The number of nitrogens with zero attached hydrogens (tertiary/aromatic N) is 3. The first-order valence-corrected chi connectivity index (χ1v) is 10.9. The Morgan fingerprint density at radius 1 is 1.25 bits per heavy atom. The summed E-state index contributed by atoms with van der Waals surface area (Å²) >= 11 is 5.89. The first kappa shape index (κ1) is 25.6. The number of nitrogens with one attached hydrogen (secondary N) is 1. The van der Waals surface area contributed by atoms with Gasteiger partial charge in [-0.05, 0) is 31.0 Å². The minimum Gasteiger partial charge on any atom is -0.481 e. The maximum Gasteiger partial charge on any atom is 0.351 e. The fourth-order valence-corrected chi connectivity index (χ4v) is 3.68. The van der Waals surface area contributed by atoms with Gasteiger partial charge in [-0.15, -0.1) is 5.10 Å². The summed E-state index contributed by atoms with van der Waals surface area (Å²) in [6.07, 6.45) is -4.38. The number of amides is 1. The van der Waals surface area contributed by atoms with Gasteiger partial charge in [-0.1, -0.05) is 17.7 Å². The van der Waals surface area contributed by atoms with E-state index in [0.717, 1.165) is 12.1 Å². The van der Waals surface area contributed by atoms with Crippen LogP contribution in [0.3, 0.4) is 0 Å². The van der Waals surface area contributed by atoms with E-state index in [0.29, 0.717) is 23.6 Å². The number of carbonyl (C=O) groups is 1. The molecule has 14 heteroatoms. The van der Waals surface area contributed by atoms with Crippen LogP contribution in [-0.2, 0) is 6.61 Å². The topological polar surface area (TPSA) is 98.4 Å². The smallest absolute Gasteiger partial charge is 0.351 e. The van der Waals surface area contributed by atoms with E-state index in [1.165, 1.54) is 16.7 Å². The number of ether oxygens (including phenoxy) is 1.